The predicted octanol–water partition coefficient (Wildman–Crippen LogP) is 1.50. The highest BCUT2D eigenvalue weighted by molar-refractivity contribution is 5.47. The van der Waals surface area contributed by atoms with Crippen LogP contribution in [-0.2, 0) is 0 Å². The van der Waals surface area contributed by atoms with Gasteiger partial charge in [0.2, 0.25) is 5.82 Å². The summed E-state index contributed by atoms with van der Waals surface area (Å²) in [5, 5.41) is 12.4. The lowest BCUT2D eigenvalue weighted by atomic mass is 10.00. The normalized spacial score (nSPS) is 17.5. The third-order valence-corrected chi connectivity index (χ3v) is 4.99. The van der Waals surface area contributed by atoms with E-state index in [0.29, 0.717) is 11.6 Å². The zero-order chi connectivity index (χ0) is 18.0. The Hall–Kier alpha value is -2.02. The molecule has 1 fully saturated rings. The number of nitrogens with zero attached hydrogens (tertiary/aromatic N) is 5. The van der Waals surface area contributed by atoms with Crippen LogP contribution in [0.3, 0.4) is 0 Å². The Morgan fingerprint density at radius 3 is 2.36 bits per heavy atom. The largest absolute Gasteiger partial charge is 0.358 e. The molecule has 0 aliphatic carbocycles. The van der Waals surface area contributed by atoms with Crippen molar-refractivity contribution in [3.63, 3.8) is 0 Å². The number of nitrogens with one attached hydrogen (secondary N) is 1. The summed E-state index contributed by atoms with van der Waals surface area (Å²) in [7, 11) is 0. The maximum atomic E-state index is 14.0. The number of tetrazole rings is 1. The molecule has 1 aromatic heterocycles. The summed E-state index contributed by atoms with van der Waals surface area (Å²) in [5.74, 6) is 1.24. The number of benzene rings is 1. The van der Waals surface area contributed by atoms with Crippen molar-refractivity contribution in [2.75, 3.05) is 31.1 Å². The van der Waals surface area contributed by atoms with Crippen LogP contribution in [0.4, 0.5) is 10.1 Å². The molecule has 1 N–H and O–H groups in total. The van der Waals surface area contributed by atoms with Crippen LogP contribution < -0.4 is 9.80 Å². The van der Waals surface area contributed by atoms with Gasteiger partial charge < -0.3 is 9.80 Å². The molecule has 1 aromatic carbocycles. The highest BCUT2D eigenvalue weighted by atomic mass is 19.1. The fourth-order valence-electron chi connectivity index (χ4n) is 3.78. The maximum Gasteiger partial charge on any atom is 0.209 e. The van der Waals surface area contributed by atoms with Crippen LogP contribution in [0.15, 0.2) is 24.3 Å². The van der Waals surface area contributed by atoms with E-state index in [-0.39, 0.29) is 17.9 Å². The molecule has 1 atom stereocenters. The van der Waals surface area contributed by atoms with Crippen molar-refractivity contribution in [1.29, 1.82) is 0 Å². The van der Waals surface area contributed by atoms with Crippen LogP contribution in [0.1, 0.15) is 45.6 Å². The van der Waals surface area contributed by atoms with E-state index >= 15 is 0 Å². The molecule has 25 heavy (non-hydrogen) atoms. The van der Waals surface area contributed by atoms with Gasteiger partial charge in [0, 0.05) is 5.92 Å². The van der Waals surface area contributed by atoms with Gasteiger partial charge >= 0.3 is 0 Å². The van der Waals surface area contributed by atoms with Gasteiger partial charge in [0.25, 0.3) is 0 Å². The molecule has 3 rings (SSSR count). The number of hydrogen-bond acceptors (Lipinski definition) is 4. The Labute approximate surface area is 148 Å². The van der Waals surface area contributed by atoms with Gasteiger partial charge in [-0.1, -0.05) is 26.0 Å². The van der Waals surface area contributed by atoms with Crippen molar-refractivity contribution in [1.82, 2.24) is 20.2 Å². The van der Waals surface area contributed by atoms with E-state index in [1.54, 1.807) is 6.07 Å². The van der Waals surface area contributed by atoms with E-state index < -0.39 is 0 Å². The summed E-state index contributed by atoms with van der Waals surface area (Å²) in [6, 6.07) is 7.51. The van der Waals surface area contributed by atoms with Gasteiger partial charge in [-0.3, -0.25) is 0 Å². The molecule has 0 radical (unpaired) electrons. The minimum absolute atomic E-state index is 0.143. The highest BCUT2D eigenvalue weighted by Gasteiger charge is 2.35. The lowest BCUT2D eigenvalue weighted by Gasteiger charge is -2.38. The first kappa shape index (κ1) is 17.8. The van der Waals surface area contributed by atoms with Crippen LogP contribution in [0.25, 0.3) is 0 Å². The molecule has 7 heteroatoms. The second kappa shape index (κ2) is 7.47. The van der Waals surface area contributed by atoms with E-state index in [2.05, 4.69) is 48.1 Å². The maximum absolute atomic E-state index is 14.0. The molecule has 2 heterocycles. The zero-order valence-corrected chi connectivity index (χ0v) is 15.5. The Bertz CT molecular complexity index is 690. The summed E-state index contributed by atoms with van der Waals surface area (Å²) < 4.78 is 16.0. The van der Waals surface area contributed by atoms with Crippen LogP contribution in [-0.4, -0.2) is 46.4 Å². The monoisotopic (exact) mass is 347 g/mol. The smallest absolute Gasteiger partial charge is 0.209 e. The van der Waals surface area contributed by atoms with Crippen molar-refractivity contribution < 1.29 is 9.29 Å². The van der Waals surface area contributed by atoms with Crippen molar-refractivity contribution in [3.8, 4) is 0 Å². The molecule has 6 nitrogen and oxygen atoms in total. The first-order valence-electron chi connectivity index (χ1n) is 9.10. The standard InChI is InChI=1S/C18H27FN6/c1-13(2)17(18-20-21-22-25(18)14(3)4)24-11-9-23(10-12-24)16-8-6-5-7-15(16)19/h5-8,13-14,17H,9-12H2,1-4H3/p+1/t17-/m0/s1. The van der Waals surface area contributed by atoms with Gasteiger partial charge in [-0.05, 0) is 36.4 Å². The summed E-state index contributed by atoms with van der Waals surface area (Å²) in [5.41, 5.74) is 0.703. The van der Waals surface area contributed by atoms with Crippen molar-refractivity contribution in [2.24, 2.45) is 5.92 Å². The molecule has 1 aliphatic rings. The minimum atomic E-state index is -0.143. The van der Waals surface area contributed by atoms with Gasteiger partial charge in [0.1, 0.15) is 5.82 Å². The van der Waals surface area contributed by atoms with Crippen LogP contribution >= 0.6 is 0 Å². The lowest BCUT2D eigenvalue weighted by Crippen LogP contribution is -3.15. The summed E-state index contributed by atoms with van der Waals surface area (Å²) >= 11 is 0. The van der Waals surface area contributed by atoms with Crippen LogP contribution in [0.2, 0.25) is 0 Å². The second-order valence-corrected chi connectivity index (χ2v) is 7.39. The Morgan fingerprint density at radius 1 is 1.08 bits per heavy atom. The van der Waals surface area contributed by atoms with Gasteiger partial charge in [-0.25, -0.2) is 9.07 Å². The third kappa shape index (κ3) is 3.66. The third-order valence-electron chi connectivity index (χ3n) is 4.99. The number of piperazine rings is 1. The molecule has 0 bridgehead atoms. The van der Waals surface area contributed by atoms with E-state index in [1.165, 1.54) is 11.0 Å². The molecule has 0 unspecified atom stereocenters. The Kier molecular flexibility index (Phi) is 5.32. The summed E-state index contributed by atoms with van der Waals surface area (Å²) in [6.45, 7) is 12.2. The number of rotatable bonds is 5. The molecule has 136 valence electrons. The fraction of sp³-hybridized carbons (Fsp3) is 0.611. The first-order chi connectivity index (χ1) is 12.0. The highest BCUT2D eigenvalue weighted by Crippen LogP contribution is 2.21. The topological polar surface area (TPSA) is 51.3 Å². The summed E-state index contributed by atoms with van der Waals surface area (Å²) in [6.07, 6.45) is 0. The molecule has 0 amide bonds. The molecule has 1 saturated heterocycles. The van der Waals surface area contributed by atoms with Gasteiger partial charge in [-0.15, -0.1) is 5.10 Å². The van der Waals surface area contributed by atoms with Crippen molar-refractivity contribution >= 4 is 5.69 Å². The Balaban J connectivity index is 1.75. The van der Waals surface area contributed by atoms with E-state index in [0.717, 1.165) is 32.0 Å². The first-order valence-corrected chi connectivity index (χ1v) is 9.10. The van der Waals surface area contributed by atoms with Crippen molar-refractivity contribution in [2.45, 2.75) is 39.8 Å². The average Bonchev–Trinajstić information content (AvgIpc) is 3.05. The quantitative estimate of drug-likeness (QED) is 0.890. The number of anilines is 1. The van der Waals surface area contributed by atoms with Crippen LogP contribution in [0.5, 0.6) is 0 Å². The minimum Gasteiger partial charge on any atom is -0.358 e. The van der Waals surface area contributed by atoms with E-state index in [9.17, 15) is 4.39 Å². The molecular weight excluding hydrogens is 319 g/mol. The average molecular weight is 347 g/mol. The van der Waals surface area contributed by atoms with Crippen molar-refractivity contribution in [3.05, 3.63) is 35.9 Å². The van der Waals surface area contributed by atoms with Gasteiger partial charge in [-0.2, -0.15) is 0 Å². The number of quaternary nitrogens is 1. The second-order valence-electron chi connectivity index (χ2n) is 7.39. The lowest BCUT2D eigenvalue weighted by molar-refractivity contribution is -0.937. The van der Waals surface area contributed by atoms with E-state index in [4.69, 9.17) is 0 Å². The number of para-hydroxylation sites is 1. The molecule has 2 aromatic rings. The van der Waals surface area contributed by atoms with E-state index in [1.807, 2.05) is 16.8 Å². The molecular formula is C18H28FN6+. The van der Waals surface area contributed by atoms with Crippen LogP contribution in [0, 0.1) is 11.7 Å². The fourth-order valence-corrected chi connectivity index (χ4v) is 3.78. The van der Waals surface area contributed by atoms with Gasteiger partial charge in [0.15, 0.2) is 6.04 Å². The number of aromatic nitrogens is 4. The number of hydrogen-bond donors (Lipinski definition) is 1. The zero-order valence-electron chi connectivity index (χ0n) is 15.5. The molecule has 0 spiro atoms. The number of halogens is 1. The SMILES string of the molecule is CC(C)[C@@H](c1nnnn1C(C)C)[NH+]1CCN(c2ccccc2F)CC1. The molecule has 0 saturated carbocycles. The van der Waals surface area contributed by atoms with Gasteiger partial charge in [0.05, 0.1) is 37.9 Å². The molecule has 1 aliphatic heterocycles. The predicted molar refractivity (Wildman–Crippen MR) is 95.1 cm³/mol. The summed E-state index contributed by atoms with van der Waals surface area (Å²) in [4.78, 5) is 3.61. The Morgan fingerprint density at radius 2 is 1.76 bits per heavy atom.